The Bertz CT molecular complexity index is 1090. The van der Waals surface area contributed by atoms with Crippen molar-refractivity contribution in [1.82, 2.24) is 0 Å². The first-order valence-corrected chi connectivity index (χ1v) is 9.18. The van der Waals surface area contributed by atoms with Crippen LogP contribution >= 0.6 is 0 Å². The molecule has 5 heteroatoms. The smallest absolute Gasteiger partial charge is 0.300 e. The van der Waals surface area contributed by atoms with Crippen LogP contribution in [0.2, 0.25) is 0 Å². The molecule has 1 amide bonds. The zero-order valence-corrected chi connectivity index (χ0v) is 15.8. The minimum atomic E-state index is -0.771. The first-order valence-electron chi connectivity index (χ1n) is 9.18. The minimum absolute atomic E-state index is 0.0540. The van der Waals surface area contributed by atoms with Gasteiger partial charge in [0, 0.05) is 5.56 Å². The molecule has 0 spiro atoms. The van der Waals surface area contributed by atoms with E-state index in [1.165, 1.54) is 12.0 Å². The molecule has 0 saturated carbocycles. The van der Waals surface area contributed by atoms with Crippen LogP contribution in [0.1, 0.15) is 17.2 Å². The van der Waals surface area contributed by atoms with Gasteiger partial charge in [0.15, 0.2) is 0 Å². The highest BCUT2D eigenvalue weighted by molar-refractivity contribution is 6.51. The second-order valence-electron chi connectivity index (χ2n) is 6.62. The number of para-hydroxylation sites is 2. The average molecular weight is 385 g/mol. The molecule has 5 nitrogen and oxygen atoms in total. The number of benzene rings is 3. The summed E-state index contributed by atoms with van der Waals surface area (Å²) in [4.78, 5) is 27.5. The van der Waals surface area contributed by atoms with E-state index in [1.807, 2.05) is 36.4 Å². The van der Waals surface area contributed by atoms with Gasteiger partial charge >= 0.3 is 0 Å². The highest BCUT2D eigenvalue weighted by Crippen LogP contribution is 2.44. The molecule has 29 heavy (non-hydrogen) atoms. The van der Waals surface area contributed by atoms with Crippen LogP contribution in [0.15, 0.2) is 90.5 Å². The van der Waals surface area contributed by atoms with Crippen LogP contribution in [0.5, 0.6) is 5.75 Å². The summed E-state index contributed by atoms with van der Waals surface area (Å²) in [5.74, 6) is -1.17. The standard InChI is InChI=1S/C24H19NO4/c1-29-19-15-9-8-14-18(19)25-21(16-10-4-2-5-11-16)20(23(27)24(25)28)22(26)17-12-6-3-7-13-17/h2-15,21,26H,1H3. The fourth-order valence-electron chi connectivity index (χ4n) is 3.61. The van der Waals surface area contributed by atoms with Crippen LogP contribution in [-0.4, -0.2) is 23.9 Å². The van der Waals surface area contributed by atoms with Gasteiger partial charge in [-0.1, -0.05) is 72.8 Å². The fourth-order valence-corrected chi connectivity index (χ4v) is 3.61. The summed E-state index contributed by atoms with van der Waals surface area (Å²) in [5, 5.41) is 11.0. The molecule has 1 saturated heterocycles. The first-order chi connectivity index (χ1) is 14.1. The summed E-state index contributed by atoms with van der Waals surface area (Å²) in [6, 6.07) is 24.2. The molecule has 1 aliphatic heterocycles. The van der Waals surface area contributed by atoms with Gasteiger partial charge in [0.25, 0.3) is 11.7 Å². The van der Waals surface area contributed by atoms with Gasteiger partial charge in [-0.3, -0.25) is 14.5 Å². The quantitative estimate of drug-likeness (QED) is 0.413. The second-order valence-corrected chi connectivity index (χ2v) is 6.62. The lowest BCUT2D eigenvalue weighted by molar-refractivity contribution is -0.132. The predicted octanol–water partition coefficient (Wildman–Crippen LogP) is 4.32. The molecule has 1 atom stereocenters. The van der Waals surface area contributed by atoms with Crippen molar-refractivity contribution in [2.24, 2.45) is 0 Å². The number of amides is 1. The van der Waals surface area contributed by atoms with Crippen molar-refractivity contribution in [3.63, 3.8) is 0 Å². The molecular weight excluding hydrogens is 366 g/mol. The summed E-state index contributed by atoms with van der Waals surface area (Å²) in [6.45, 7) is 0. The SMILES string of the molecule is COc1ccccc1N1C(=O)C(=O)C(=C(O)c2ccccc2)C1c1ccccc1. The van der Waals surface area contributed by atoms with Crippen molar-refractivity contribution in [1.29, 1.82) is 0 Å². The zero-order valence-electron chi connectivity index (χ0n) is 15.8. The van der Waals surface area contributed by atoms with Gasteiger partial charge in [-0.2, -0.15) is 0 Å². The summed E-state index contributed by atoms with van der Waals surface area (Å²) in [5.41, 5.74) is 1.72. The van der Waals surface area contributed by atoms with E-state index < -0.39 is 17.7 Å². The van der Waals surface area contributed by atoms with E-state index in [1.54, 1.807) is 48.5 Å². The fraction of sp³-hybridized carbons (Fsp3) is 0.0833. The number of hydrogen-bond acceptors (Lipinski definition) is 4. The summed E-state index contributed by atoms with van der Waals surface area (Å²) in [7, 11) is 1.51. The summed E-state index contributed by atoms with van der Waals surface area (Å²) in [6.07, 6.45) is 0. The highest BCUT2D eigenvalue weighted by Gasteiger charge is 2.47. The Balaban J connectivity index is 1.97. The van der Waals surface area contributed by atoms with Gasteiger partial charge in [0.2, 0.25) is 0 Å². The molecule has 4 rings (SSSR count). The van der Waals surface area contributed by atoms with Crippen molar-refractivity contribution in [2.75, 3.05) is 12.0 Å². The third-order valence-corrected chi connectivity index (χ3v) is 4.95. The van der Waals surface area contributed by atoms with Crippen molar-refractivity contribution >= 4 is 23.1 Å². The molecule has 144 valence electrons. The lowest BCUT2D eigenvalue weighted by atomic mass is 9.95. The molecule has 0 aromatic heterocycles. The topological polar surface area (TPSA) is 66.8 Å². The number of rotatable bonds is 4. The van der Waals surface area contributed by atoms with E-state index in [4.69, 9.17) is 4.74 Å². The molecule has 1 unspecified atom stereocenters. The maximum Gasteiger partial charge on any atom is 0.300 e. The van der Waals surface area contributed by atoms with Gasteiger partial charge in [-0.15, -0.1) is 0 Å². The van der Waals surface area contributed by atoms with E-state index in [0.717, 1.165) is 5.56 Å². The van der Waals surface area contributed by atoms with E-state index in [9.17, 15) is 14.7 Å². The van der Waals surface area contributed by atoms with Crippen molar-refractivity contribution in [3.8, 4) is 5.75 Å². The molecule has 1 aliphatic rings. The van der Waals surface area contributed by atoms with Gasteiger partial charge < -0.3 is 9.84 Å². The molecule has 0 bridgehead atoms. The van der Waals surface area contributed by atoms with E-state index >= 15 is 0 Å². The van der Waals surface area contributed by atoms with Crippen molar-refractivity contribution in [3.05, 3.63) is 102 Å². The van der Waals surface area contributed by atoms with Crippen LogP contribution in [-0.2, 0) is 9.59 Å². The number of hydrogen-bond donors (Lipinski definition) is 1. The third kappa shape index (κ3) is 3.17. The number of anilines is 1. The summed E-state index contributed by atoms with van der Waals surface area (Å²) >= 11 is 0. The second kappa shape index (κ2) is 7.64. The number of carbonyl (C=O) groups excluding carboxylic acids is 2. The number of aliphatic hydroxyl groups is 1. The number of nitrogens with zero attached hydrogens (tertiary/aromatic N) is 1. The van der Waals surface area contributed by atoms with Crippen LogP contribution in [0.25, 0.3) is 5.76 Å². The summed E-state index contributed by atoms with van der Waals surface area (Å²) < 4.78 is 5.42. The molecule has 1 fully saturated rings. The Morgan fingerprint density at radius 1 is 0.862 bits per heavy atom. The zero-order chi connectivity index (χ0) is 20.4. The molecule has 3 aromatic carbocycles. The maximum atomic E-state index is 13.1. The minimum Gasteiger partial charge on any atom is -0.507 e. The maximum absolute atomic E-state index is 13.1. The average Bonchev–Trinajstić information content (AvgIpc) is 3.05. The van der Waals surface area contributed by atoms with E-state index in [2.05, 4.69) is 0 Å². The molecule has 1 heterocycles. The van der Waals surface area contributed by atoms with Gasteiger partial charge in [0.1, 0.15) is 11.5 Å². The number of methoxy groups -OCH3 is 1. The van der Waals surface area contributed by atoms with Gasteiger partial charge in [-0.05, 0) is 17.7 Å². The monoisotopic (exact) mass is 385 g/mol. The Kier molecular flexibility index (Phi) is 4.87. The van der Waals surface area contributed by atoms with Crippen LogP contribution in [0.4, 0.5) is 5.69 Å². The number of carbonyl (C=O) groups is 2. The van der Waals surface area contributed by atoms with Crippen molar-refractivity contribution in [2.45, 2.75) is 6.04 Å². The number of aliphatic hydroxyl groups excluding tert-OH is 1. The number of ketones is 1. The first kappa shape index (κ1) is 18.5. The van der Waals surface area contributed by atoms with E-state index in [0.29, 0.717) is 17.0 Å². The molecule has 0 aliphatic carbocycles. The number of ether oxygens (including phenoxy) is 1. The van der Waals surface area contributed by atoms with Crippen LogP contribution in [0.3, 0.4) is 0 Å². The van der Waals surface area contributed by atoms with Crippen LogP contribution in [0, 0.1) is 0 Å². The van der Waals surface area contributed by atoms with Gasteiger partial charge in [-0.25, -0.2) is 0 Å². The normalized spacial score (nSPS) is 18.1. The van der Waals surface area contributed by atoms with Gasteiger partial charge in [0.05, 0.1) is 24.4 Å². The Hall–Kier alpha value is -3.86. The Labute approximate surface area is 168 Å². The van der Waals surface area contributed by atoms with Crippen LogP contribution < -0.4 is 9.64 Å². The third-order valence-electron chi connectivity index (χ3n) is 4.95. The largest absolute Gasteiger partial charge is 0.507 e. The number of Topliss-reactive ketones (excluding diaryl/α,β-unsaturated/α-hetero) is 1. The molecule has 3 aromatic rings. The Morgan fingerprint density at radius 2 is 1.45 bits per heavy atom. The van der Waals surface area contributed by atoms with E-state index in [-0.39, 0.29) is 11.3 Å². The molecule has 1 N–H and O–H groups in total. The highest BCUT2D eigenvalue weighted by atomic mass is 16.5. The molecular formula is C24H19NO4. The molecule has 0 radical (unpaired) electrons. The predicted molar refractivity (Wildman–Crippen MR) is 111 cm³/mol. The van der Waals surface area contributed by atoms with Crippen molar-refractivity contribution < 1.29 is 19.4 Å². The lowest BCUT2D eigenvalue weighted by Crippen LogP contribution is -2.29. The Morgan fingerprint density at radius 3 is 2.10 bits per heavy atom. The lowest BCUT2D eigenvalue weighted by Gasteiger charge is -2.26.